The van der Waals surface area contributed by atoms with E-state index in [-0.39, 0.29) is 5.82 Å². The van der Waals surface area contributed by atoms with Gasteiger partial charge in [-0.05, 0) is 24.7 Å². The average molecular weight is 233 g/mol. The van der Waals surface area contributed by atoms with Crippen LogP contribution in [-0.4, -0.2) is 37.6 Å². The Balaban J connectivity index is 2.13. The van der Waals surface area contributed by atoms with Crippen molar-refractivity contribution in [2.24, 2.45) is 0 Å². The highest BCUT2D eigenvalue weighted by atomic mass is 19.1. The summed E-state index contributed by atoms with van der Waals surface area (Å²) in [5.41, 5.74) is 1.20. The van der Waals surface area contributed by atoms with Gasteiger partial charge in [0.25, 0.3) is 0 Å². The molecule has 1 fully saturated rings. The van der Waals surface area contributed by atoms with Crippen molar-refractivity contribution >= 4 is 5.69 Å². The van der Waals surface area contributed by atoms with Crippen molar-refractivity contribution in [3.05, 3.63) is 29.6 Å². The standard InChI is InChI=1S/C13H16FN3/c1-2-16-3-5-17(6-4-16)13-8-11(10-15)7-12(14)9-13/h7-9H,2-6H2,1H3. The van der Waals surface area contributed by atoms with E-state index in [0.717, 1.165) is 38.4 Å². The number of nitrogens with zero attached hydrogens (tertiary/aromatic N) is 3. The first-order valence-corrected chi connectivity index (χ1v) is 5.91. The minimum Gasteiger partial charge on any atom is -0.369 e. The predicted molar refractivity (Wildman–Crippen MR) is 65.4 cm³/mol. The SMILES string of the molecule is CCN1CCN(c2cc(F)cc(C#N)c2)CC1. The van der Waals surface area contributed by atoms with Crippen LogP contribution in [0.1, 0.15) is 12.5 Å². The third-order valence-corrected chi connectivity index (χ3v) is 3.20. The number of hydrogen-bond acceptors (Lipinski definition) is 3. The summed E-state index contributed by atoms with van der Waals surface area (Å²) in [5, 5.41) is 8.82. The number of anilines is 1. The van der Waals surface area contributed by atoms with Crippen molar-refractivity contribution in [3.8, 4) is 6.07 Å². The molecule has 0 spiro atoms. The van der Waals surface area contributed by atoms with Gasteiger partial charge in [-0.25, -0.2) is 4.39 Å². The summed E-state index contributed by atoms with van der Waals surface area (Å²) in [7, 11) is 0. The van der Waals surface area contributed by atoms with E-state index in [1.165, 1.54) is 12.1 Å². The molecule has 0 saturated carbocycles. The number of nitriles is 1. The van der Waals surface area contributed by atoms with E-state index in [4.69, 9.17) is 5.26 Å². The third kappa shape index (κ3) is 2.75. The largest absolute Gasteiger partial charge is 0.369 e. The minimum absolute atomic E-state index is 0.336. The van der Waals surface area contributed by atoms with Gasteiger partial charge in [0.05, 0.1) is 11.6 Å². The summed E-state index contributed by atoms with van der Waals surface area (Å²) in [6.45, 7) is 6.97. The molecular formula is C13H16FN3. The molecule has 1 aromatic rings. The molecule has 90 valence electrons. The number of hydrogen-bond donors (Lipinski definition) is 0. The highest BCUT2D eigenvalue weighted by Crippen LogP contribution is 2.19. The molecule has 3 nitrogen and oxygen atoms in total. The molecule has 0 N–H and O–H groups in total. The van der Waals surface area contributed by atoms with E-state index < -0.39 is 0 Å². The maximum absolute atomic E-state index is 13.3. The van der Waals surface area contributed by atoms with E-state index >= 15 is 0 Å². The predicted octanol–water partition coefficient (Wildman–Crippen LogP) is 1.84. The van der Waals surface area contributed by atoms with Gasteiger partial charge >= 0.3 is 0 Å². The molecule has 0 aliphatic carbocycles. The molecule has 0 bridgehead atoms. The van der Waals surface area contributed by atoms with Gasteiger partial charge in [0.1, 0.15) is 5.82 Å². The van der Waals surface area contributed by atoms with E-state index in [1.54, 1.807) is 6.07 Å². The van der Waals surface area contributed by atoms with Crippen LogP contribution in [0.5, 0.6) is 0 Å². The Morgan fingerprint density at radius 1 is 1.24 bits per heavy atom. The third-order valence-electron chi connectivity index (χ3n) is 3.20. The van der Waals surface area contributed by atoms with Crippen molar-refractivity contribution in [1.82, 2.24) is 4.90 Å². The second kappa shape index (κ2) is 5.15. The Kier molecular flexibility index (Phi) is 3.60. The smallest absolute Gasteiger partial charge is 0.126 e. The molecular weight excluding hydrogens is 217 g/mol. The van der Waals surface area contributed by atoms with Crippen LogP contribution < -0.4 is 4.90 Å². The summed E-state index contributed by atoms with van der Waals surface area (Å²) in [5.74, 6) is -0.336. The highest BCUT2D eigenvalue weighted by Gasteiger charge is 2.16. The molecule has 0 atom stereocenters. The van der Waals surface area contributed by atoms with Crippen LogP contribution in [0.4, 0.5) is 10.1 Å². The van der Waals surface area contributed by atoms with Crippen LogP contribution >= 0.6 is 0 Å². The summed E-state index contributed by atoms with van der Waals surface area (Å²) in [4.78, 5) is 4.50. The monoisotopic (exact) mass is 233 g/mol. The lowest BCUT2D eigenvalue weighted by molar-refractivity contribution is 0.271. The van der Waals surface area contributed by atoms with Gasteiger partial charge in [0.15, 0.2) is 0 Å². The van der Waals surface area contributed by atoms with Crippen molar-refractivity contribution in [1.29, 1.82) is 5.26 Å². The average Bonchev–Trinajstić information content (AvgIpc) is 2.38. The van der Waals surface area contributed by atoms with E-state index in [0.29, 0.717) is 5.56 Å². The number of likely N-dealkylation sites (N-methyl/N-ethyl adjacent to an activating group) is 1. The minimum atomic E-state index is -0.336. The molecule has 17 heavy (non-hydrogen) atoms. The van der Waals surface area contributed by atoms with Gasteiger partial charge in [-0.3, -0.25) is 0 Å². The van der Waals surface area contributed by atoms with Crippen LogP contribution in [-0.2, 0) is 0 Å². The van der Waals surface area contributed by atoms with Crippen LogP contribution in [0.3, 0.4) is 0 Å². The van der Waals surface area contributed by atoms with Gasteiger partial charge in [-0.1, -0.05) is 6.92 Å². The Hall–Kier alpha value is -1.60. The van der Waals surface area contributed by atoms with Gasteiger partial charge in [-0.15, -0.1) is 0 Å². The molecule has 2 rings (SSSR count). The highest BCUT2D eigenvalue weighted by molar-refractivity contribution is 5.52. The lowest BCUT2D eigenvalue weighted by Gasteiger charge is -2.35. The van der Waals surface area contributed by atoms with Gasteiger partial charge in [0.2, 0.25) is 0 Å². The molecule has 0 amide bonds. The fourth-order valence-electron chi connectivity index (χ4n) is 2.14. The molecule has 1 aromatic carbocycles. The summed E-state index contributed by atoms with van der Waals surface area (Å²) in [6, 6.07) is 6.52. The fourth-order valence-corrected chi connectivity index (χ4v) is 2.14. The number of benzene rings is 1. The van der Waals surface area contributed by atoms with E-state index in [1.807, 2.05) is 6.07 Å². The van der Waals surface area contributed by atoms with Crippen molar-refractivity contribution < 1.29 is 4.39 Å². The molecule has 1 aliphatic rings. The molecule has 1 aliphatic heterocycles. The summed E-state index contributed by atoms with van der Waals surface area (Å²) < 4.78 is 13.3. The van der Waals surface area contributed by atoms with E-state index in [9.17, 15) is 4.39 Å². The number of piperazine rings is 1. The lowest BCUT2D eigenvalue weighted by atomic mass is 10.2. The van der Waals surface area contributed by atoms with Crippen LogP contribution in [0.25, 0.3) is 0 Å². The molecule has 0 radical (unpaired) electrons. The molecule has 4 heteroatoms. The molecule has 1 saturated heterocycles. The topological polar surface area (TPSA) is 30.3 Å². The second-order valence-corrected chi connectivity index (χ2v) is 4.23. The zero-order chi connectivity index (χ0) is 12.3. The van der Waals surface area contributed by atoms with Crippen LogP contribution in [0.2, 0.25) is 0 Å². The van der Waals surface area contributed by atoms with Crippen LogP contribution in [0, 0.1) is 17.1 Å². The van der Waals surface area contributed by atoms with E-state index in [2.05, 4.69) is 16.7 Å². The Bertz CT molecular complexity index is 431. The van der Waals surface area contributed by atoms with Crippen molar-refractivity contribution in [3.63, 3.8) is 0 Å². The number of halogens is 1. The normalized spacial score (nSPS) is 16.9. The quantitative estimate of drug-likeness (QED) is 0.780. The maximum atomic E-state index is 13.3. The first kappa shape index (κ1) is 11.9. The zero-order valence-corrected chi connectivity index (χ0v) is 9.99. The van der Waals surface area contributed by atoms with Gasteiger partial charge < -0.3 is 9.80 Å². The molecule has 1 heterocycles. The van der Waals surface area contributed by atoms with Crippen LogP contribution in [0.15, 0.2) is 18.2 Å². The van der Waals surface area contributed by atoms with Crippen molar-refractivity contribution in [2.45, 2.75) is 6.92 Å². The Morgan fingerprint density at radius 2 is 1.94 bits per heavy atom. The lowest BCUT2D eigenvalue weighted by Crippen LogP contribution is -2.46. The summed E-state index contributed by atoms with van der Waals surface area (Å²) in [6.07, 6.45) is 0. The second-order valence-electron chi connectivity index (χ2n) is 4.23. The Morgan fingerprint density at radius 3 is 2.53 bits per heavy atom. The molecule has 0 aromatic heterocycles. The summed E-state index contributed by atoms with van der Waals surface area (Å²) >= 11 is 0. The van der Waals surface area contributed by atoms with Gasteiger partial charge in [0, 0.05) is 31.9 Å². The first-order chi connectivity index (χ1) is 8.22. The first-order valence-electron chi connectivity index (χ1n) is 5.91. The van der Waals surface area contributed by atoms with Gasteiger partial charge in [-0.2, -0.15) is 5.26 Å². The van der Waals surface area contributed by atoms with Crippen molar-refractivity contribution in [2.75, 3.05) is 37.6 Å². The Labute approximate surface area is 101 Å². The molecule has 0 unspecified atom stereocenters. The number of rotatable bonds is 2. The fraction of sp³-hybridized carbons (Fsp3) is 0.462. The maximum Gasteiger partial charge on any atom is 0.126 e. The zero-order valence-electron chi connectivity index (χ0n) is 9.99.